The Kier molecular flexibility index (Phi) is 6.26. The zero-order valence-electron chi connectivity index (χ0n) is 14.9. The number of nitrogens with zero attached hydrogens (tertiary/aromatic N) is 2. The maximum absolute atomic E-state index is 13.3. The molecule has 0 aliphatic heterocycles. The van der Waals surface area contributed by atoms with Crippen LogP contribution < -0.4 is 15.6 Å². The molecule has 2 aromatic carbocycles. The van der Waals surface area contributed by atoms with Crippen LogP contribution in [0.25, 0.3) is 10.9 Å². The number of halogens is 2. The molecule has 0 saturated heterocycles. The summed E-state index contributed by atoms with van der Waals surface area (Å²) in [6.45, 7) is -0.390. The van der Waals surface area contributed by atoms with Gasteiger partial charge in [-0.2, -0.15) is 0 Å². The standard InChI is InChI=1S/C18H16ClFN4O4S/c19-12-2-1-3-14(8-12)29(27,28)23-7-6-21-17(25)10-24-11-22-16-5-4-13(20)9-15(16)18(24)26/h1-5,8-9,11,23H,6-7,10H2,(H,21,25). The van der Waals surface area contributed by atoms with Gasteiger partial charge in [0.25, 0.3) is 5.56 Å². The Labute approximate surface area is 170 Å². The van der Waals surface area contributed by atoms with Crippen molar-refractivity contribution >= 4 is 38.4 Å². The van der Waals surface area contributed by atoms with E-state index in [1.54, 1.807) is 6.07 Å². The molecule has 1 aromatic heterocycles. The third-order valence-corrected chi connectivity index (χ3v) is 5.64. The molecule has 3 rings (SSSR count). The zero-order valence-corrected chi connectivity index (χ0v) is 16.5. The molecule has 0 bridgehead atoms. The highest BCUT2D eigenvalue weighted by atomic mass is 35.5. The van der Waals surface area contributed by atoms with Crippen molar-refractivity contribution in [3.05, 3.63) is 70.0 Å². The van der Waals surface area contributed by atoms with Gasteiger partial charge in [-0.25, -0.2) is 22.5 Å². The van der Waals surface area contributed by atoms with Gasteiger partial charge in [0.1, 0.15) is 12.4 Å². The minimum absolute atomic E-state index is 0.00299. The summed E-state index contributed by atoms with van der Waals surface area (Å²) in [6, 6.07) is 9.40. The number of amides is 1. The quantitative estimate of drug-likeness (QED) is 0.540. The van der Waals surface area contributed by atoms with Crippen molar-refractivity contribution < 1.29 is 17.6 Å². The van der Waals surface area contributed by atoms with E-state index in [4.69, 9.17) is 11.6 Å². The number of benzene rings is 2. The summed E-state index contributed by atoms with van der Waals surface area (Å²) >= 11 is 5.79. The molecule has 3 aromatic rings. The molecule has 29 heavy (non-hydrogen) atoms. The van der Waals surface area contributed by atoms with Crippen LogP contribution in [0.2, 0.25) is 5.02 Å². The number of carbonyl (C=O) groups excluding carboxylic acids is 1. The molecule has 0 saturated carbocycles. The van der Waals surface area contributed by atoms with Gasteiger partial charge < -0.3 is 5.32 Å². The third kappa shape index (κ3) is 5.17. The topological polar surface area (TPSA) is 110 Å². The lowest BCUT2D eigenvalue weighted by molar-refractivity contribution is -0.121. The minimum Gasteiger partial charge on any atom is -0.353 e. The van der Waals surface area contributed by atoms with E-state index in [9.17, 15) is 22.4 Å². The number of hydrogen-bond acceptors (Lipinski definition) is 5. The van der Waals surface area contributed by atoms with Gasteiger partial charge >= 0.3 is 0 Å². The van der Waals surface area contributed by atoms with Crippen molar-refractivity contribution in [2.75, 3.05) is 13.1 Å². The Bertz CT molecular complexity index is 1230. The smallest absolute Gasteiger partial charge is 0.261 e. The molecule has 0 aliphatic carbocycles. The summed E-state index contributed by atoms with van der Waals surface area (Å²) in [7, 11) is -3.76. The molecule has 0 radical (unpaired) electrons. The SMILES string of the molecule is O=C(Cn1cnc2ccc(F)cc2c1=O)NCCNS(=O)(=O)c1cccc(Cl)c1. The first-order chi connectivity index (χ1) is 13.8. The van der Waals surface area contributed by atoms with Gasteiger partial charge in [0.05, 0.1) is 22.1 Å². The molecule has 0 aliphatic rings. The van der Waals surface area contributed by atoms with Crippen LogP contribution in [0.3, 0.4) is 0 Å². The summed E-state index contributed by atoms with van der Waals surface area (Å²) in [6.07, 6.45) is 1.20. The molecule has 0 unspecified atom stereocenters. The Hall–Kier alpha value is -2.82. The summed E-state index contributed by atoms with van der Waals surface area (Å²) in [4.78, 5) is 28.4. The number of nitrogens with one attached hydrogen (secondary N) is 2. The van der Waals surface area contributed by atoms with Gasteiger partial charge in [0, 0.05) is 18.1 Å². The van der Waals surface area contributed by atoms with Gasteiger partial charge in [-0.3, -0.25) is 14.2 Å². The fourth-order valence-corrected chi connectivity index (χ4v) is 3.89. The van der Waals surface area contributed by atoms with E-state index in [0.29, 0.717) is 5.52 Å². The first-order valence-electron chi connectivity index (χ1n) is 8.43. The molecule has 11 heteroatoms. The van der Waals surface area contributed by atoms with Crippen LogP contribution in [-0.4, -0.2) is 37.0 Å². The number of carbonyl (C=O) groups is 1. The molecule has 1 amide bonds. The van der Waals surface area contributed by atoms with E-state index in [0.717, 1.165) is 10.6 Å². The highest BCUT2D eigenvalue weighted by molar-refractivity contribution is 7.89. The molecule has 0 spiro atoms. The van der Waals surface area contributed by atoms with Gasteiger partial charge in [0.2, 0.25) is 15.9 Å². The largest absolute Gasteiger partial charge is 0.353 e. The van der Waals surface area contributed by atoms with Crippen molar-refractivity contribution in [1.82, 2.24) is 19.6 Å². The lowest BCUT2D eigenvalue weighted by Gasteiger charge is -2.09. The van der Waals surface area contributed by atoms with Crippen molar-refractivity contribution in [2.24, 2.45) is 0 Å². The average molecular weight is 439 g/mol. The Morgan fingerprint density at radius 2 is 1.97 bits per heavy atom. The monoisotopic (exact) mass is 438 g/mol. The summed E-state index contributed by atoms with van der Waals surface area (Å²) in [5, 5.41) is 2.85. The molecule has 8 nitrogen and oxygen atoms in total. The minimum atomic E-state index is -3.76. The normalized spacial score (nSPS) is 11.5. The maximum atomic E-state index is 13.3. The summed E-state index contributed by atoms with van der Waals surface area (Å²) in [5.74, 6) is -1.10. The van der Waals surface area contributed by atoms with Crippen molar-refractivity contribution in [2.45, 2.75) is 11.4 Å². The molecule has 1 heterocycles. The van der Waals surface area contributed by atoms with Crippen LogP contribution in [0, 0.1) is 5.82 Å². The number of fused-ring (bicyclic) bond motifs is 1. The van der Waals surface area contributed by atoms with E-state index in [1.165, 1.54) is 36.7 Å². The van der Waals surface area contributed by atoms with Crippen LogP contribution in [-0.2, 0) is 21.4 Å². The third-order valence-electron chi connectivity index (χ3n) is 3.95. The van der Waals surface area contributed by atoms with Crippen LogP contribution >= 0.6 is 11.6 Å². The van der Waals surface area contributed by atoms with Crippen LogP contribution in [0.5, 0.6) is 0 Å². The molecular weight excluding hydrogens is 423 g/mol. The molecule has 152 valence electrons. The Balaban J connectivity index is 1.56. The van der Waals surface area contributed by atoms with E-state index in [2.05, 4.69) is 15.0 Å². The van der Waals surface area contributed by atoms with Gasteiger partial charge in [0.15, 0.2) is 0 Å². The fourth-order valence-electron chi connectivity index (χ4n) is 2.56. The highest BCUT2D eigenvalue weighted by Gasteiger charge is 2.14. The average Bonchev–Trinajstić information content (AvgIpc) is 2.68. The second kappa shape index (κ2) is 8.68. The first kappa shape index (κ1) is 20.9. The maximum Gasteiger partial charge on any atom is 0.261 e. The van der Waals surface area contributed by atoms with Gasteiger partial charge in [-0.15, -0.1) is 0 Å². The second-order valence-electron chi connectivity index (χ2n) is 6.04. The van der Waals surface area contributed by atoms with Crippen LogP contribution in [0.15, 0.2) is 58.5 Å². The number of sulfonamides is 1. The van der Waals surface area contributed by atoms with E-state index in [1.807, 2.05) is 0 Å². The van der Waals surface area contributed by atoms with E-state index >= 15 is 0 Å². The first-order valence-corrected chi connectivity index (χ1v) is 10.3. The lowest BCUT2D eigenvalue weighted by Crippen LogP contribution is -2.37. The van der Waals surface area contributed by atoms with Gasteiger partial charge in [-0.1, -0.05) is 17.7 Å². The van der Waals surface area contributed by atoms with Gasteiger partial charge in [-0.05, 0) is 36.4 Å². The molecule has 0 atom stereocenters. The van der Waals surface area contributed by atoms with E-state index in [-0.39, 0.29) is 34.9 Å². The fraction of sp³-hybridized carbons (Fsp3) is 0.167. The number of aromatic nitrogens is 2. The number of rotatable bonds is 7. The molecular formula is C18H16ClFN4O4S. The predicted molar refractivity (Wildman–Crippen MR) is 106 cm³/mol. The predicted octanol–water partition coefficient (Wildman–Crippen LogP) is 1.28. The Morgan fingerprint density at radius 3 is 2.72 bits per heavy atom. The van der Waals surface area contributed by atoms with Crippen LogP contribution in [0.1, 0.15) is 0 Å². The molecule has 0 fully saturated rings. The summed E-state index contributed by atoms with van der Waals surface area (Å²) in [5.41, 5.74) is -0.227. The molecule has 2 N–H and O–H groups in total. The zero-order chi connectivity index (χ0) is 21.0. The summed E-state index contributed by atoms with van der Waals surface area (Å²) < 4.78 is 41.0. The van der Waals surface area contributed by atoms with Crippen molar-refractivity contribution in [3.8, 4) is 0 Å². The second-order valence-corrected chi connectivity index (χ2v) is 8.25. The number of hydrogen-bond donors (Lipinski definition) is 2. The van der Waals surface area contributed by atoms with Crippen molar-refractivity contribution in [1.29, 1.82) is 0 Å². The van der Waals surface area contributed by atoms with Crippen LogP contribution in [0.4, 0.5) is 4.39 Å². The Morgan fingerprint density at radius 1 is 1.17 bits per heavy atom. The highest BCUT2D eigenvalue weighted by Crippen LogP contribution is 2.14. The van der Waals surface area contributed by atoms with E-state index < -0.39 is 27.3 Å². The van der Waals surface area contributed by atoms with Crippen molar-refractivity contribution in [3.63, 3.8) is 0 Å². The lowest BCUT2D eigenvalue weighted by atomic mass is 10.2.